The standard InChI is InChI=1S/C13H24N4/c1-9(2)11(4)17(5)13-15-7-12(8-16-13)6-10(3)14/h7-11H,6,14H2,1-5H3. The Morgan fingerprint density at radius 3 is 2.12 bits per heavy atom. The average Bonchev–Trinajstić information content (AvgIpc) is 2.27. The zero-order valence-electron chi connectivity index (χ0n) is 11.5. The monoisotopic (exact) mass is 236 g/mol. The highest BCUT2D eigenvalue weighted by molar-refractivity contribution is 5.30. The van der Waals surface area contributed by atoms with Crippen LogP contribution in [0.1, 0.15) is 33.3 Å². The third kappa shape index (κ3) is 3.97. The topological polar surface area (TPSA) is 55.0 Å². The van der Waals surface area contributed by atoms with E-state index in [1.165, 1.54) is 0 Å². The van der Waals surface area contributed by atoms with E-state index in [0.717, 1.165) is 17.9 Å². The Kier molecular flexibility index (Phi) is 4.87. The lowest BCUT2D eigenvalue weighted by Crippen LogP contribution is -2.34. The number of nitrogens with zero attached hydrogens (tertiary/aromatic N) is 3. The largest absolute Gasteiger partial charge is 0.341 e. The Morgan fingerprint density at radius 2 is 1.71 bits per heavy atom. The molecule has 2 atom stereocenters. The van der Waals surface area contributed by atoms with Crippen molar-refractivity contribution in [3.05, 3.63) is 18.0 Å². The molecule has 17 heavy (non-hydrogen) atoms. The zero-order valence-corrected chi connectivity index (χ0v) is 11.5. The predicted octanol–water partition coefficient (Wildman–Crippen LogP) is 1.85. The van der Waals surface area contributed by atoms with E-state index in [9.17, 15) is 0 Å². The fraction of sp³-hybridized carbons (Fsp3) is 0.692. The maximum Gasteiger partial charge on any atom is 0.225 e. The van der Waals surface area contributed by atoms with E-state index in [4.69, 9.17) is 5.73 Å². The van der Waals surface area contributed by atoms with Gasteiger partial charge in [-0.3, -0.25) is 0 Å². The van der Waals surface area contributed by atoms with Crippen molar-refractivity contribution in [1.82, 2.24) is 9.97 Å². The molecule has 1 rings (SSSR count). The molecule has 0 amide bonds. The van der Waals surface area contributed by atoms with Crippen LogP contribution in [0, 0.1) is 5.92 Å². The molecule has 0 aliphatic rings. The van der Waals surface area contributed by atoms with Gasteiger partial charge in [0.05, 0.1) is 0 Å². The summed E-state index contributed by atoms with van der Waals surface area (Å²) in [6.07, 6.45) is 4.56. The van der Waals surface area contributed by atoms with E-state index < -0.39 is 0 Å². The SMILES string of the molecule is CC(N)Cc1cnc(N(C)C(C)C(C)C)nc1. The summed E-state index contributed by atoms with van der Waals surface area (Å²) >= 11 is 0. The minimum absolute atomic E-state index is 0.150. The van der Waals surface area contributed by atoms with Gasteiger partial charge in [0, 0.05) is 31.5 Å². The van der Waals surface area contributed by atoms with E-state index in [-0.39, 0.29) is 6.04 Å². The van der Waals surface area contributed by atoms with Crippen LogP contribution in [0.3, 0.4) is 0 Å². The second kappa shape index (κ2) is 5.96. The van der Waals surface area contributed by atoms with Crippen molar-refractivity contribution in [3.63, 3.8) is 0 Å². The summed E-state index contributed by atoms with van der Waals surface area (Å²) < 4.78 is 0. The zero-order chi connectivity index (χ0) is 13.0. The number of hydrogen-bond donors (Lipinski definition) is 1. The first-order chi connectivity index (χ1) is 7.91. The van der Waals surface area contributed by atoms with E-state index in [1.54, 1.807) is 0 Å². The molecule has 0 saturated carbocycles. The van der Waals surface area contributed by atoms with E-state index in [0.29, 0.717) is 12.0 Å². The molecule has 0 fully saturated rings. The quantitative estimate of drug-likeness (QED) is 0.847. The van der Waals surface area contributed by atoms with Gasteiger partial charge in [-0.15, -0.1) is 0 Å². The molecule has 1 aromatic heterocycles. The summed E-state index contributed by atoms with van der Waals surface area (Å²) in [6, 6.07) is 0.575. The van der Waals surface area contributed by atoms with Crippen LogP contribution < -0.4 is 10.6 Å². The van der Waals surface area contributed by atoms with Gasteiger partial charge in [0.25, 0.3) is 0 Å². The smallest absolute Gasteiger partial charge is 0.225 e. The molecule has 4 nitrogen and oxygen atoms in total. The van der Waals surface area contributed by atoms with Crippen LogP contribution in [-0.2, 0) is 6.42 Å². The highest BCUT2D eigenvalue weighted by Gasteiger charge is 2.15. The Balaban J connectivity index is 2.73. The lowest BCUT2D eigenvalue weighted by atomic mass is 10.1. The van der Waals surface area contributed by atoms with Crippen LogP contribution in [0.5, 0.6) is 0 Å². The molecular formula is C13H24N4. The van der Waals surface area contributed by atoms with Crippen molar-refractivity contribution < 1.29 is 0 Å². The first-order valence-electron chi connectivity index (χ1n) is 6.21. The molecule has 1 aromatic rings. The van der Waals surface area contributed by atoms with Gasteiger partial charge in [0.15, 0.2) is 0 Å². The van der Waals surface area contributed by atoms with Crippen molar-refractivity contribution in [1.29, 1.82) is 0 Å². The third-order valence-corrected chi connectivity index (χ3v) is 3.14. The second-order valence-corrected chi connectivity index (χ2v) is 5.17. The Hall–Kier alpha value is -1.16. The van der Waals surface area contributed by atoms with Gasteiger partial charge in [-0.1, -0.05) is 13.8 Å². The Morgan fingerprint density at radius 1 is 1.18 bits per heavy atom. The van der Waals surface area contributed by atoms with Gasteiger partial charge in [0.1, 0.15) is 0 Å². The van der Waals surface area contributed by atoms with E-state index in [2.05, 4.69) is 35.6 Å². The van der Waals surface area contributed by atoms with Crippen molar-refractivity contribution in [2.75, 3.05) is 11.9 Å². The van der Waals surface area contributed by atoms with Gasteiger partial charge >= 0.3 is 0 Å². The van der Waals surface area contributed by atoms with Crippen LogP contribution in [0.15, 0.2) is 12.4 Å². The van der Waals surface area contributed by atoms with Crippen molar-refractivity contribution in [2.24, 2.45) is 11.7 Å². The molecule has 0 aliphatic carbocycles. The minimum atomic E-state index is 0.150. The molecule has 0 radical (unpaired) electrons. The maximum absolute atomic E-state index is 5.74. The molecule has 2 N–H and O–H groups in total. The van der Waals surface area contributed by atoms with Crippen LogP contribution >= 0.6 is 0 Å². The molecular weight excluding hydrogens is 212 g/mol. The number of nitrogens with two attached hydrogens (primary N) is 1. The predicted molar refractivity (Wildman–Crippen MR) is 72.1 cm³/mol. The fourth-order valence-corrected chi connectivity index (χ4v) is 1.64. The first-order valence-corrected chi connectivity index (χ1v) is 6.21. The van der Waals surface area contributed by atoms with Gasteiger partial charge in [-0.05, 0) is 31.7 Å². The molecule has 0 aromatic carbocycles. The number of aromatic nitrogens is 2. The van der Waals surface area contributed by atoms with E-state index >= 15 is 0 Å². The van der Waals surface area contributed by atoms with Gasteiger partial charge < -0.3 is 10.6 Å². The molecule has 1 heterocycles. The summed E-state index contributed by atoms with van der Waals surface area (Å²) in [5.74, 6) is 1.35. The minimum Gasteiger partial charge on any atom is -0.341 e. The van der Waals surface area contributed by atoms with Crippen molar-refractivity contribution in [2.45, 2.75) is 46.2 Å². The molecule has 0 bridgehead atoms. The van der Waals surface area contributed by atoms with Crippen molar-refractivity contribution >= 4 is 5.95 Å². The molecule has 0 spiro atoms. The first kappa shape index (κ1) is 13.9. The molecule has 0 saturated heterocycles. The highest BCUT2D eigenvalue weighted by atomic mass is 15.2. The molecule has 2 unspecified atom stereocenters. The summed E-state index contributed by atoms with van der Waals surface area (Å²) in [4.78, 5) is 10.9. The Bertz CT molecular complexity index is 332. The summed E-state index contributed by atoms with van der Waals surface area (Å²) in [6.45, 7) is 8.57. The number of anilines is 1. The second-order valence-electron chi connectivity index (χ2n) is 5.17. The highest BCUT2D eigenvalue weighted by Crippen LogP contribution is 2.14. The van der Waals surface area contributed by atoms with Crippen LogP contribution in [0.2, 0.25) is 0 Å². The average molecular weight is 236 g/mol. The summed E-state index contributed by atoms with van der Waals surface area (Å²) in [7, 11) is 2.03. The summed E-state index contributed by atoms with van der Waals surface area (Å²) in [5, 5.41) is 0. The van der Waals surface area contributed by atoms with Crippen LogP contribution in [0.4, 0.5) is 5.95 Å². The van der Waals surface area contributed by atoms with Gasteiger partial charge in [0.2, 0.25) is 5.95 Å². The maximum atomic E-state index is 5.74. The van der Waals surface area contributed by atoms with Crippen LogP contribution in [0.25, 0.3) is 0 Å². The number of hydrogen-bond acceptors (Lipinski definition) is 4. The van der Waals surface area contributed by atoms with Gasteiger partial charge in [-0.25, -0.2) is 9.97 Å². The molecule has 96 valence electrons. The number of rotatable bonds is 5. The third-order valence-electron chi connectivity index (χ3n) is 3.14. The van der Waals surface area contributed by atoms with Gasteiger partial charge in [-0.2, -0.15) is 0 Å². The van der Waals surface area contributed by atoms with Crippen LogP contribution in [-0.4, -0.2) is 29.1 Å². The molecule has 0 aliphatic heterocycles. The summed E-state index contributed by atoms with van der Waals surface area (Å²) in [5.41, 5.74) is 6.84. The lowest BCUT2D eigenvalue weighted by Gasteiger charge is -2.27. The Labute approximate surface area is 104 Å². The van der Waals surface area contributed by atoms with E-state index in [1.807, 2.05) is 26.4 Å². The lowest BCUT2D eigenvalue weighted by molar-refractivity contribution is 0.499. The fourth-order valence-electron chi connectivity index (χ4n) is 1.64. The normalized spacial score (nSPS) is 14.8. The van der Waals surface area contributed by atoms with Crippen molar-refractivity contribution in [3.8, 4) is 0 Å². The molecule has 4 heteroatoms.